The van der Waals surface area contributed by atoms with E-state index in [4.69, 9.17) is 4.74 Å². The summed E-state index contributed by atoms with van der Waals surface area (Å²) in [6.45, 7) is 6.14. The van der Waals surface area contributed by atoms with Crippen molar-refractivity contribution < 1.29 is 9.53 Å². The van der Waals surface area contributed by atoms with E-state index in [0.717, 1.165) is 42.9 Å². The van der Waals surface area contributed by atoms with E-state index in [0.29, 0.717) is 5.13 Å². The van der Waals surface area contributed by atoms with Crippen LogP contribution >= 0.6 is 11.3 Å². The van der Waals surface area contributed by atoms with Crippen LogP contribution in [0.5, 0.6) is 0 Å². The van der Waals surface area contributed by atoms with Gasteiger partial charge in [-0.05, 0) is 39.3 Å². The molecule has 1 aromatic rings. The number of hydrogen-bond donors (Lipinski definition) is 2. The van der Waals surface area contributed by atoms with E-state index in [1.165, 1.54) is 11.3 Å². The van der Waals surface area contributed by atoms with Gasteiger partial charge in [0.1, 0.15) is 6.61 Å². The number of nitrogens with one attached hydrogen (secondary N) is 2. The van der Waals surface area contributed by atoms with Gasteiger partial charge in [0.2, 0.25) is 0 Å². The minimum Gasteiger partial charge on any atom is -0.368 e. The highest BCUT2D eigenvalue weighted by atomic mass is 32.1. The smallest absolute Gasteiger partial charge is 0.252 e. The molecule has 0 spiro atoms. The first-order chi connectivity index (χ1) is 9.19. The lowest BCUT2D eigenvalue weighted by Gasteiger charge is -2.22. The molecule has 5 nitrogen and oxygen atoms in total. The molecular formula is C13H21N3O2S. The molecule has 0 unspecified atom stereocenters. The number of carbonyl (C=O) groups excluding carboxylic acids is 1. The summed E-state index contributed by atoms with van der Waals surface area (Å²) in [5, 5.41) is 6.75. The lowest BCUT2D eigenvalue weighted by atomic mass is 10.1. The Bertz CT molecular complexity index is 428. The monoisotopic (exact) mass is 283 g/mol. The predicted molar refractivity (Wildman–Crippen MR) is 76.7 cm³/mol. The average Bonchev–Trinajstić information content (AvgIpc) is 2.77. The van der Waals surface area contributed by atoms with Crippen molar-refractivity contribution >= 4 is 22.4 Å². The van der Waals surface area contributed by atoms with E-state index >= 15 is 0 Å². The zero-order valence-corrected chi connectivity index (χ0v) is 12.3. The number of hydrogen-bond acceptors (Lipinski definition) is 5. The number of nitrogens with zero attached hydrogens (tertiary/aromatic N) is 1. The van der Waals surface area contributed by atoms with Crippen LogP contribution in [0.2, 0.25) is 0 Å². The van der Waals surface area contributed by atoms with Crippen LogP contribution < -0.4 is 10.6 Å². The number of amides is 1. The summed E-state index contributed by atoms with van der Waals surface area (Å²) in [6.07, 6.45) is 3.05. The van der Waals surface area contributed by atoms with Crippen molar-refractivity contribution in [2.24, 2.45) is 0 Å². The minimum absolute atomic E-state index is 0.116. The Morgan fingerprint density at radius 3 is 2.89 bits per heavy atom. The zero-order chi connectivity index (χ0) is 13.7. The molecule has 1 amide bonds. The summed E-state index contributed by atoms with van der Waals surface area (Å²) < 4.78 is 5.61. The van der Waals surface area contributed by atoms with Crippen molar-refractivity contribution in [3.8, 4) is 0 Å². The second kappa shape index (κ2) is 6.98. The maximum atomic E-state index is 11.8. The quantitative estimate of drug-likeness (QED) is 0.863. The normalized spacial score (nSPS) is 16.5. The fourth-order valence-electron chi connectivity index (χ4n) is 2.12. The summed E-state index contributed by atoms with van der Waals surface area (Å²) in [5.41, 5.74) is 1.06. The molecule has 6 heteroatoms. The average molecular weight is 283 g/mol. The van der Waals surface area contributed by atoms with Crippen molar-refractivity contribution in [1.82, 2.24) is 10.3 Å². The van der Waals surface area contributed by atoms with E-state index in [1.807, 2.05) is 6.92 Å². The SMILES string of the molecule is CCc1nc(NC(=O)COC2CCNCC2)sc1C. The fraction of sp³-hybridized carbons (Fsp3) is 0.692. The van der Waals surface area contributed by atoms with Crippen molar-refractivity contribution in [2.75, 3.05) is 25.0 Å². The number of thiazole rings is 1. The third kappa shape index (κ3) is 4.26. The van der Waals surface area contributed by atoms with Gasteiger partial charge >= 0.3 is 0 Å². The van der Waals surface area contributed by atoms with E-state index in [1.54, 1.807) is 0 Å². The van der Waals surface area contributed by atoms with E-state index in [9.17, 15) is 4.79 Å². The molecule has 1 aliphatic rings. The third-order valence-electron chi connectivity index (χ3n) is 3.21. The maximum Gasteiger partial charge on any atom is 0.252 e. The molecule has 1 fully saturated rings. The second-order valence-corrected chi connectivity index (χ2v) is 5.89. The van der Waals surface area contributed by atoms with Crippen LogP contribution in [-0.2, 0) is 16.0 Å². The van der Waals surface area contributed by atoms with Gasteiger partial charge in [0.05, 0.1) is 11.8 Å². The molecule has 2 heterocycles. The lowest BCUT2D eigenvalue weighted by molar-refractivity contribution is -0.123. The third-order valence-corrected chi connectivity index (χ3v) is 4.14. The first-order valence-corrected chi connectivity index (χ1v) is 7.59. The molecule has 19 heavy (non-hydrogen) atoms. The summed E-state index contributed by atoms with van der Waals surface area (Å²) in [4.78, 5) is 17.3. The van der Waals surface area contributed by atoms with Crippen molar-refractivity contribution in [3.05, 3.63) is 10.6 Å². The van der Waals surface area contributed by atoms with Crippen LogP contribution in [0.1, 0.15) is 30.3 Å². The minimum atomic E-state index is -0.116. The molecule has 1 aliphatic heterocycles. The van der Waals surface area contributed by atoms with Gasteiger partial charge in [-0.2, -0.15) is 0 Å². The molecule has 0 radical (unpaired) electrons. The lowest BCUT2D eigenvalue weighted by Crippen LogP contribution is -2.34. The van der Waals surface area contributed by atoms with Gasteiger partial charge in [0.25, 0.3) is 5.91 Å². The molecule has 1 aromatic heterocycles. The standard InChI is InChI=1S/C13H21N3O2S/c1-3-11-9(2)19-13(15-11)16-12(17)8-18-10-4-6-14-7-5-10/h10,14H,3-8H2,1-2H3,(H,15,16,17). The first-order valence-electron chi connectivity index (χ1n) is 6.77. The van der Waals surface area contributed by atoms with Gasteiger partial charge in [-0.15, -0.1) is 11.3 Å². The molecular weight excluding hydrogens is 262 g/mol. The van der Waals surface area contributed by atoms with Crippen LogP contribution in [0.4, 0.5) is 5.13 Å². The van der Waals surface area contributed by atoms with Gasteiger partial charge in [-0.1, -0.05) is 6.92 Å². The summed E-state index contributed by atoms with van der Waals surface area (Å²) >= 11 is 1.52. The Morgan fingerprint density at radius 2 is 2.26 bits per heavy atom. The van der Waals surface area contributed by atoms with Crippen LogP contribution in [0.3, 0.4) is 0 Å². The highest BCUT2D eigenvalue weighted by Crippen LogP contribution is 2.22. The number of aromatic nitrogens is 1. The Balaban J connectivity index is 1.76. The largest absolute Gasteiger partial charge is 0.368 e. The van der Waals surface area contributed by atoms with Gasteiger partial charge in [-0.25, -0.2) is 4.98 Å². The van der Waals surface area contributed by atoms with Gasteiger partial charge < -0.3 is 10.1 Å². The molecule has 0 saturated carbocycles. The fourth-order valence-corrected chi connectivity index (χ4v) is 3.04. The molecule has 2 rings (SSSR count). The van der Waals surface area contributed by atoms with Crippen molar-refractivity contribution in [3.63, 3.8) is 0 Å². The molecule has 0 atom stereocenters. The number of aryl methyl sites for hydroxylation is 2. The van der Waals surface area contributed by atoms with Gasteiger partial charge in [0.15, 0.2) is 5.13 Å². The molecule has 106 valence electrons. The highest BCUT2D eigenvalue weighted by Gasteiger charge is 2.15. The van der Waals surface area contributed by atoms with Crippen LogP contribution in [0.25, 0.3) is 0 Å². The number of rotatable bonds is 5. The predicted octanol–water partition coefficient (Wildman–Crippen LogP) is 1.72. The van der Waals surface area contributed by atoms with Crippen LogP contribution in [0, 0.1) is 6.92 Å². The molecule has 1 saturated heterocycles. The van der Waals surface area contributed by atoms with E-state index in [2.05, 4.69) is 22.5 Å². The number of ether oxygens (including phenoxy) is 1. The maximum absolute atomic E-state index is 11.8. The molecule has 0 aromatic carbocycles. The van der Waals surface area contributed by atoms with Crippen molar-refractivity contribution in [1.29, 1.82) is 0 Å². The van der Waals surface area contributed by atoms with Gasteiger partial charge in [-0.3, -0.25) is 10.1 Å². The molecule has 2 N–H and O–H groups in total. The molecule has 0 aliphatic carbocycles. The molecule has 0 bridgehead atoms. The Morgan fingerprint density at radius 1 is 1.53 bits per heavy atom. The Hall–Kier alpha value is -0.980. The van der Waals surface area contributed by atoms with Crippen LogP contribution in [-0.4, -0.2) is 36.7 Å². The number of piperidine rings is 1. The number of carbonyl (C=O) groups is 1. The van der Waals surface area contributed by atoms with Crippen molar-refractivity contribution in [2.45, 2.75) is 39.2 Å². The van der Waals surface area contributed by atoms with Gasteiger partial charge in [0, 0.05) is 4.88 Å². The van der Waals surface area contributed by atoms with E-state index < -0.39 is 0 Å². The van der Waals surface area contributed by atoms with Crippen LogP contribution in [0.15, 0.2) is 0 Å². The Labute approximate surface area is 117 Å². The topological polar surface area (TPSA) is 63.2 Å². The highest BCUT2D eigenvalue weighted by molar-refractivity contribution is 7.15. The zero-order valence-electron chi connectivity index (χ0n) is 11.5. The Kier molecular flexibility index (Phi) is 5.30. The summed E-state index contributed by atoms with van der Waals surface area (Å²) in [6, 6.07) is 0. The number of anilines is 1. The first kappa shape index (κ1) is 14.4. The summed E-state index contributed by atoms with van der Waals surface area (Å²) in [7, 11) is 0. The second-order valence-electron chi connectivity index (χ2n) is 4.68. The summed E-state index contributed by atoms with van der Waals surface area (Å²) in [5.74, 6) is -0.116. The van der Waals surface area contributed by atoms with E-state index in [-0.39, 0.29) is 18.6 Å².